The fourth-order valence-electron chi connectivity index (χ4n) is 9.86. The van der Waals surface area contributed by atoms with Crippen LogP contribution in [0.15, 0.2) is 108 Å². The first-order valence-electron chi connectivity index (χ1n) is 28.1. The molecule has 84 heavy (non-hydrogen) atoms. The summed E-state index contributed by atoms with van der Waals surface area (Å²) in [5.74, 6) is -6.50. The average Bonchev–Trinajstić information content (AvgIpc) is 4.25. The number of aliphatic hydroxyl groups excluding tert-OH is 1. The predicted octanol–water partition coefficient (Wildman–Crippen LogP) is 2.45. The number of phenolic OH excluding ortho intramolecular Hbond substituents is 1. The highest BCUT2D eigenvalue weighted by Crippen LogP contribution is 2.23. The highest BCUT2D eigenvalue weighted by atomic mass is 35.5. The fraction of sp³-hybridized carbons (Fsp3) is 0.417. The number of aryl methyl sites for hydroxylation is 1. The Kier molecular flexibility index (Phi) is 24.4. The Bertz CT molecular complexity index is 3080. The topological polar surface area (TPSA) is 345 Å². The molecule has 22 nitrogen and oxygen atoms in total. The van der Waals surface area contributed by atoms with Gasteiger partial charge in [0.15, 0.2) is 5.96 Å². The summed E-state index contributed by atoms with van der Waals surface area (Å²) < 4.78 is 13.6. The molecule has 1 fully saturated rings. The number of nitrogens with one attached hydrogen (secondary N) is 8. The number of hydrogen-bond acceptors (Lipinski definition) is 11. The second-order valence-electron chi connectivity index (χ2n) is 21.2. The lowest BCUT2D eigenvalue weighted by Crippen LogP contribution is -2.61. The smallest absolute Gasteiger partial charge is 0.245 e. The number of fused-ring (bicyclic) bond motifs is 1. The van der Waals surface area contributed by atoms with E-state index in [4.69, 9.17) is 23.1 Å². The van der Waals surface area contributed by atoms with Gasteiger partial charge in [0, 0.05) is 67.4 Å². The number of likely N-dealkylation sites (N-methyl/N-ethyl adjacent to an activating group) is 1. The SMILES string of the molecule is CCNC(=O)[C@H]1CCCN1C(=O)[C@H](CCCN=C(N)N)NC(=O)[C@H](CC(C)C)NC(=O)[C@@H](Cc1c[nH]c2ccccc12)NC(=O)[C@H](Cc1ccc(O)cc1)NC(=O)[C@H](CO)NC(=O)[C@H](Cc1ccc(Cl)cc1)NC(=O)CCc1ccc(F)cc1. The molecule has 1 aliphatic heterocycles. The second-order valence-corrected chi connectivity index (χ2v) is 21.6. The van der Waals surface area contributed by atoms with E-state index in [2.05, 4.69) is 47.2 Å². The van der Waals surface area contributed by atoms with Gasteiger partial charge in [-0.1, -0.05) is 80.0 Å². The number of aromatic nitrogens is 1. The monoisotopic (exact) mass is 1180 g/mol. The van der Waals surface area contributed by atoms with Crippen molar-refractivity contribution in [3.8, 4) is 5.75 Å². The van der Waals surface area contributed by atoms with E-state index >= 15 is 0 Å². The van der Waals surface area contributed by atoms with Crippen LogP contribution in [-0.4, -0.2) is 142 Å². The normalized spacial score (nSPS) is 15.1. The molecule has 1 aliphatic rings. The third kappa shape index (κ3) is 19.5. The van der Waals surface area contributed by atoms with Gasteiger partial charge in [-0.2, -0.15) is 0 Å². The number of para-hydroxylation sites is 1. The van der Waals surface area contributed by atoms with Gasteiger partial charge in [-0.05, 0) is 116 Å². The quantitative estimate of drug-likeness (QED) is 0.0179. The number of guanidine groups is 1. The summed E-state index contributed by atoms with van der Waals surface area (Å²) in [6.45, 7) is 5.25. The Morgan fingerprint density at radius 1 is 0.714 bits per heavy atom. The molecule has 4 aromatic carbocycles. The van der Waals surface area contributed by atoms with Crippen LogP contribution >= 0.6 is 11.6 Å². The van der Waals surface area contributed by atoms with E-state index in [-0.39, 0.29) is 88.0 Å². The summed E-state index contributed by atoms with van der Waals surface area (Å²) >= 11 is 6.12. The van der Waals surface area contributed by atoms with Gasteiger partial charge in [0.1, 0.15) is 53.9 Å². The lowest BCUT2D eigenvalue weighted by Gasteiger charge is -2.30. The molecule has 6 rings (SSSR count). The number of H-pyrrole nitrogens is 1. The van der Waals surface area contributed by atoms with Crippen molar-refractivity contribution in [3.05, 3.63) is 136 Å². The first-order chi connectivity index (χ1) is 40.2. The summed E-state index contributed by atoms with van der Waals surface area (Å²) in [5, 5.41) is 41.0. The van der Waals surface area contributed by atoms with Gasteiger partial charge in [-0.3, -0.25) is 43.3 Å². The average molecular weight is 1180 g/mol. The molecule has 0 radical (unpaired) electrons. The van der Waals surface area contributed by atoms with E-state index in [0.29, 0.717) is 46.7 Å². The first kappa shape index (κ1) is 64.6. The standard InChI is InChI=1S/C60H76ClFN12O10/c1-4-65-58(83)51-12-8-28-74(51)59(84)45(11-7-27-66-60(63)64)69-53(78)46(29-35(2)3)70-56(81)49(32-39-33-67-44-10-6-5-9-43(39)44)72-55(80)48(31-38-17-24-42(76)25-18-38)71-57(82)50(34-75)73-54(79)47(30-37-13-20-40(61)21-14-37)68-52(77)26-19-36-15-22-41(62)23-16-36/h5-6,9-10,13-18,20-25,33,35,45-51,67,75-76H,4,7-8,11-12,19,26-32,34H2,1-3H3,(H,65,83)(H,68,77)(H,69,78)(H,70,81)(H,71,82)(H,72,80)(H,73,79)(H4,63,64,66)/t45-,46-,47-,48-,49+,50-,51+/m0/s1. The zero-order valence-corrected chi connectivity index (χ0v) is 48.1. The minimum atomic E-state index is -1.69. The minimum absolute atomic E-state index is 0.0614. The number of aromatic hydroxyl groups is 1. The van der Waals surface area contributed by atoms with Crippen molar-refractivity contribution < 1.29 is 53.0 Å². The van der Waals surface area contributed by atoms with Gasteiger partial charge in [0.2, 0.25) is 47.3 Å². The maximum atomic E-state index is 14.9. The van der Waals surface area contributed by atoms with Crippen molar-refractivity contribution in [2.24, 2.45) is 22.4 Å². The van der Waals surface area contributed by atoms with E-state index < -0.39 is 96.1 Å². The van der Waals surface area contributed by atoms with Crippen LogP contribution in [0.2, 0.25) is 5.02 Å². The predicted molar refractivity (Wildman–Crippen MR) is 315 cm³/mol. The zero-order chi connectivity index (χ0) is 60.9. The third-order valence-electron chi connectivity index (χ3n) is 14.2. The van der Waals surface area contributed by atoms with Gasteiger partial charge in [-0.15, -0.1) is 0 Å². The van der Waals surface area contributed by atoms with Crippen LogP contribution in [0, 0.1) is 11.7 Å². The molecule has 7 atom stereocenters. The van der Waals surface area contributed by atoms with Crippen molar-refractivity contribution in [1.82, 2.24) is 47.1 Å². The summed E-state index contributed by atoms with van der Waals surface area (Å²) in [6, 6.07) is 16.1. The van der Waals surface area contributed by atoms with Gasteiger partial charge < -0.3 is 68.8 Å². The molecule has 0 unspecified atom stereocenters. The van der Waals surface area contributed by atoms with Crippen molar-refractivity contribution >= 4 is 75.7 Å². The highest BCUT2D eigenvalue weighted by molar-refractivity contribution is 6.30. The fourth-order valence-corrected chi connectivity index (χ4v) is 9.99. The van der Waals surface area contributed by atoms with Crippen LogP contribution in [0.1, 0.15) is 81.5 Å². The number of benzene rings is 4. The summed E-state index contributed by atoms with van der Waals surface area (Å²) in [5.41, 5.74) is 14.2. The number of amides is 8. The number of phenols is 1. The van der Waals surface area contributed by atoms with E-state index in [1.807, 2.05) is 32.0 Å². The molecule has 1 aromatic heterocycles. The number of hydrogen-bond donors (Lipinski definition) is 12. The number of aromatic amines is 1. The van der Waals surface area contributed by atoms with Crippen molar-refractivity contribution in [2.45, 2.75) is 127 Å². The molecule has 24 heteroatoms. The molecule has 14 N–H and O–H groups in total. The molecule has 0 aliphatic carbocycles. The number of carbonyl (C=O) groups is 8. The molecule has 2 heterocycles. The molecular weight excluding hydrogens is 1100 g/mol. The molecule has 0 bridgehead atoms. The van der Waals surface area contributed by atoms with Gasteiger partial charge in [-0.25, -0.2) is 4.39 Å². The maximum absolute atomic E-state index is 14.9. The van der Waals surface area contributed by atoms with Crippen LogP contribution in [0.3, 0.4) is 0 Å². The first-order valence-corrected chi connectivity index (χ1v) is 28.5. The summed E-state index contributed by atoms with van der Waals surface area (Å²) in [6.07, 6.45) is 2.81. The molecular formula is C60H76ClFN12O10. The van der Waals surface area contributed by atoms with Crippen LogP contribution in [0.25, 0.3) is 10.9 Å². The van der Waals surface area contributed by atoms with E-state index in [1.165, 1.54) is 53.4 Å². The summed E-state index contributed by atoms with van der Waals surface area (Å²) in [7, 11) is 0. The number of nitrogens with two attached hydrogens (primary N) is 2. The Hall–Kier alpha value is -8.57. The zero-order valence-electron chi connectivity index (χ0n) is 47.3. The van der Waals surface area contributed by atoms with E-state index in [9.17, 15) is 53.0 Å². The van der Waals surface area contributed by atoms with Crippen molar-refractivity contribution in [2.75, 3.05) is 26.2 Å². The third-order valence-corrected chi connectivity index (χ3v) is 14.5. The number of nitrogens with zero attached hydrogens (tertiary/aromatic N) is 2. The van der Waals surface area contributed by atoms with Crippen LogP contribution in [0.4, 0.5) is 4.39 Å². The minimum Gasteiger partial charge on any atom is -0.508 e. The molecule has 5 aromatic rings. The molecule has 8 amide bonds. The lowest BCUT2D eigenvalue weighted by molar-refractivity contribution is -0.142. The van der Waals surface area contributed by atoms with Crippen molar-refractivity contribution in [1.29, 1.82) is 0 Å². The second kappa shape index (κ2) is 31.7. The molecule has 0 spiro atoms. The molecule has 450 valence electrons. The maximum Gasteiger partial charge on any atom is 0.245 e. The molecule has 1 saturated heterocycles. The largest absolute Gasteiger partial charge is 0.508 e. The van der Waals surface area contributed by atoms with Gasteiger partial charge in [0.25, 0.3) is 0 Å². The Morgan fingerprint density at radius 3 is 1.88 bits per heavy atom. The van der Waals surface area contributed by atoms with Crippen LogP contribution in [-0.2, 0) is 64.0 Å². The summed E-state index contributed by atoms with van der Waals surface area (Å²) in [4.78, 5) is 122. The lowest BCUT2D eigenvalue weighted by atomic mass is 9.99. The number of carbonyl (C=O) groups excluding carboxylic acids is 8. The Morgan fingerprint density at radius 2 is 1.26 bits per heavy atom. The van der Waals surface area contributed by atoms with E-state index in [1.54, 1.807) is 43.5 Å². The van der Waals surface area contributed by atoms with Gasteiger partial charge in [0.05, 0.1) is 6.61 Å². The van der Waals surface area contributed by atoms with Crippen molar-refractivity contribution in [3.63, 3.8) is 0 Å². The van der Waals surface area contributed by atoms with Crippen LogP contribution in [0.5, 0.6) is 5.75 Å². The Labute approximate surface area is 491 Å². The number of aliphatic hydroxyl groups is 1. The molecule has 0 saturated carbocycles. The van der Waals surface area contributed by atoms with Gasteiger partial charge >= 0.3 is 0 Å². The number of aliphatic imine (C=N–C) groups is 1. The van der Waals surface area contributed by atoms with E-state index in [0.717, 1.165) is 10.9 Å². The number of likely N-dealkylation sites (tertiary alicyclic amines) is 1. The van der Waals surface area contributed by atoms with Crippen LogP contribution < -0.4 is 48.7 Å². The Balaban J connectivity index is 1.26. The highest BCUT2D eigenvalue weighted by Gasteiger charge is 2.39. The number of halogens is 2. The number of rotatable bonds is 30.